The van der Waals surface area contributed by atoms with Gasteiger partial charge in [0.2, 0.25) is 0 Å². The summed E-state index contributed by atoms with van der Waals surface area (Å²) in [5.41, 5.74) is 3.18. The standard InChI is InChI=1S/C29H32N4O3/c1-21(34)25-11-13-28(32-29(25)31-23-8-3-2-4-9-23)33-20-30-26-19-24(10-12-27(26)33)36-16-6-5-7-22-14-17-35-18-15-22/h2-4,8-13,19-20,22H,5-7,14-18H2,1H3,(H,31,32). The minimum atomic E-state index is -0.0440. The highest BCUT2D eigenvalue weighted by Crippen LogP contribution is 2.26. The van der Waals surface area contributed by atoms with Crippen LogP contribution >= 0.6 is 0 Å². The van der Waals surface area contributed by atoms with Gasteiger partial charge in [-0.15, -0.1) is 0 Å². The van der Waals surface area contributed by atoms with Crippen molar-refractivity contribution in [2.45, 2.75) is 39.0 Å². The van der Waals surface area contributed by atoms with Gasteiger partial charge in [0.15, 0.2) is 5.78 Å². The SMILES string of the molecule is CC(=O)c1ccc(-n2cnc3cc(OCCCCC4CCOCC4)ccc32)nc1Nc1ccccc1. The van der Waals surface area contributed by atoms with Crippen molar-refractivity contribution in [1.29, 1.82) is 0 Å². The van der Waals surface area contributed by atoms with E-state index in [-0.39, 0.29) is 5.78 Å². The van der Waals surface area contributed by atoms with Gasteiger partial charge >= 0.3 is 0 Å². The summed E-state index contributed by atoms with van der Waals surface area (Å²) in [6, 6.07) is 19.3. The number of nitrogens with one attached hydrogen (secondary N) is 1. The Kier molecular flexibility index (Phi) is 7.57. The Morgan fingerprint density at radius 1 is 1.08 bits per heavy atom. The first-order chi connectivity index (χ1) is 17.7. The van der Waals surface area contributed by atoms with Crippen molar-refractivity contribution in [1.82, 2.24) is 14.5 Å². The summed E-state index contributed by atoms with van der Waals surface area (Å²) in [6.45, 7) is 4.08. The Morgan fingerprint density at radius 3 is 2.72 bits per heavy atom. The molecule has 36 heavy (non-hydrogen) atoms. The second-order valence-electron chi connectivity index (χ2n) is 9.28. The molecule has 1 saturated heterocycles. The molecular weight excluding hydrogens is 452 g/mol. The van der Waals surface area contributed by atoms with Crippen LogP contribution in [-0.2, 0) is 4.74 Å². The number of fused-ring (bicyclic) bond motifs is 1. The molecule has 4 aromatic rings. The van der Waals surface area contributed by atoms with Gasteiger partial charge in [0, 0.05) is 25.0 Å². The molecule has 0 bridgehead atoms. The van der Waals surface area contributed by atoms with Crippen LogP contribution < -0.4 is 10.1 Å². The molecule has 5 rings (SSSR count). The lowest BCUT2D eigenvalue weighted by molar-refractivity contribution is 0.0628. The van der Waals surface area contributed by atoms with Crippen molar-refractivity contribution in [3.8, 4) is 11.6 Å². The van der Waals surface area contributed by atoms with Crippen LogP contribution in [0.3, 0.4) is 0 Å². The van der Waals surface area contributed by atoms with Gasteiger partial charge in [0.1, 0.15) is 23.7 Å². The molecule has 0 unspecified atom stereocenters. The lowest BCUT2D eigenvalue weighted by Crippen LogP contribution is -2.15. The normalized spacial score (nSPS) is 14.1. The molecule has 1 fully saturated rings. The number of imidazole rings is 1. The van der Waals surface area contributed by atoms with Crippen molar-refractivity contribution in [3.05, 3.63) is 72.6 Å². The molecule has 1 aliphatic heterocycles. The van der Waals surface area contributed by atoms with Gasteiger partial charge in [-0.1, -0.05) is 24.6 Å². The highest BCUT2D eigenvalue weighted by molar-refractivity contribution is 5.99. The van der Waals surface area contributed by atoms with Crippen molar-refractivity contribution in [3.63, 3.8) is 0 Å². The second-order valence-corrected chi connectivity index (χ2v) is 9.28. The number of hydrogen-bond donors (Lipinski definition) is 1. The van der Waals surface area contributed by atoms with Crippen molar-refractivity contribution < 1.29 is 14.3 Å². The third-order valence-corrected chi connectivity index (χ3v) is 6.68. The predicted octanol–water partition coefficient (Wildman–Crippen LogP) is 6.34. The summed E-state index contributed by atoms with van der Waals surface area (Å²) in [7, 11) is 0. The number of carbonyl (C=O) groups excluding carboxylic acids is 1. The number of para-hydroxylation sites is 1. The average molecular weight is 485 g/mol. The fourth-order valence-corrected chi connectivity index (χ4v) is 4.65. The third-order valence-electron chi connectivity index (χ3n) is 6.68. The molecule has 2 aromatic carbocycles. The molecule has 1 aliphatic rings. The number of pyridine rings is 1. The molecule has 0 spiro atoms. The largest absolute Gasteiger partial charge is 0.494 e. The summed E-state index contributed by atoms with van der Waals surface area (Å²) in [5, 5.41) is 3.28. The van der Waals surface area contributed by atoms with Gasteiger partial charge in [-0.05, 0) is 74.9 Å². The number of ether oxygens (including phenoxy) is 2. The number of hydrogen-bond acceptors (Lipinski definition) is 6. The van der Waals surface area contributed by atoms with E-state index in [4.69, 9.17) is 14.5 Å². The van der Waals surface area contributed by atoms with Crippen molar-refractivity contribution in [2.24, 2.45) is 5.92 Å². The fourth-order valence-electron chi connectivity index (χ4n) is 4.65. The Balaban J connectivity index is 1.27. The molecular formula is C29H32N4O3. The Bertz CT molecular complexity index is 1310. The zero-order valence-corrected chi connectivity index (χ0v) is 20.7. The Morgan fingerprint density at radius 2 is 1.92 bits per heavy atom. The number of benzene rings is 2. The Labute approximate surface area is 211 Å². The zero-order valence-electron chi connectivity index (χ0n) is 20.7. The molecule has 0 aliphatic carbocycles. The summed E-state index contributed by atoms with van der Waals surface area (Å²) >= 11 is 0. The first-order valence-electron chi connectivity index (χ1n) is 12.7. The number of Topliss-reactive ketones (excluding diaryl/α,β-unsaturated/α-hetero) is 1. The Hall–Kier alpha value is -3.71. The van der Waals surface area contributed by atoms with Gasteiger partial charge < -0.3 is 14.8 Å². The monoisotopic (exact) mass is 484 g/mol. The van der Waals surface area contributed by atoms with Crippen LogP contribution in [0, 0.1) is 5.92 Å². The number of anilines is 2. The maximum absolute atomic E-state index is 12.2. The van der Waals surface area contributed by atoms with Gasteiger partial charge in [-0.2, -0.15) is 0 Å². The summed E-state index contributed by atoms with van der Waals surface area (Å²) < 4.78 is 13.4. The van der Waals surface area contributed by atoms with Crippen LogP contribution in [0.15, 0.2) is 67.0 Å². The minimum absolute atomic E-state index is 0.0440. The van der Waals surface area contributed by atoms with Crippen LogP contribution in [0.5, 0.6) is 5.75 Å². The summed E-state index contributed by atoms with van der Waals surface area (Å²) in [5.74, 6) is 2.79. The van der Waals surface area contributed by atoms with Gasteiger partial charge in [-0.3, -0.25) is 9.36 Å². The smallest absolute Gasteiger partial charge is 0.163 e. The number of aromatic nitrogens is 3. The van der Waals surface area contributed by atoms with Gasteiger partial charge in [-0.25, -0.2) is 9.97 Å². The molecule has 0 atom stereocenters. The summed E-state index contributed by atoms with van der Waals surface area (Å²) in [6.07, 6.45) is 7.63. The maximum atomic E-state index is 12.2. The van der Waals surface area contributed by atoms with E-state index < -0.39 is 0 Å². The number of rotatable bonds is 10. The highest BCUT2D eigenvalue weighted by Gasteiger charge is 2.15. The van der Waals surface area contributed by atoms with E-state index in [0.29, 0.717) is 23.8 Å². The second kappa shape index (κ2) is 11.4. The molecule has 0 amide bonds. The van der Waals surface area contributed by atoms with Crippen LogP contribution in [0.1, 0.15) is 49.4 Å². The van der Waals surface area contributed by atoms with E-state index >= 15 is 0 Å². The molecule has 0 saturated carbocycles. The number of nitrogens with zero attached hydrogens (tertiary/aromatic N) is 3. The highest BCUT2D eigenvalue weighted by atomic mass is 16.5. The quantitative estimate of drug-likeness (QED) is 0.209. The topological polar surface area (TPSA) is 78.3 Å². The van der Waals surface area contributed by atoms with E-state index in [1.54, 1.807) is 19.3 Å². The minimum Gasteiger partial charge on any atom is -0.494 e. The number of ketones is 1. The number of carbonyl (C=O) groups is 1. The molecule has 186 valence electrons. The van der Waals surface area contributed by atoms with Crippen LogP contribution in [0.2, 0.25) is 0 Å². The van der Waals surface area contributed by atoms with Crippen molar-refractivity contribution >= 4 is 28.3 Å². The van der Waals surface area contributed by atoms with Crippen LogP contribution in [0.4, 0.5) is 11.5 Å². The fraction of sp³-hybridized carbons (Fsp3) is 0.345. The molecule has 7 heteroatoms. The molecule has 3 heterocycles. The zero-order chi connectivity index (χ0) is 24.7. The first kappa shape index (κ1) is 24.0. The van der Waals surface area contributed by atoms with E-state index in [0.717, 1.165) is 48.0 Å². The average Bonchev–Trinajstić information content (AvgIpc) is 3.33. The molecule has 1 N–H and O–H groups in total. The van der Waals surface area contributed by atoms with Crippen molar-refractivity contribution in [2.75, 3.05) is 25.1 Å². The maximum Gasteiger partial charge on any atom is 0.163 e. The molecule has 0 radical (unpaired) electrons. The number of unbranched alkanes of at least 4 members (excludes halogenated alkanes) is 1. The van der Waals surface area contributed by atoms with E-state index in [1.165, 1.54) is 25.7 Å². The predicted molar refractivity (Wildman–Crippen MR) is 141 cm³/mol. The first-order valence-corrected chi connectivity index (χ1v) is 12.7. The van der Waals surface area contributed by atoms with Gasteiger partial charge in [0.05, 0.1) is 23.2 Å². The lowest BCUT2D eigenvalue weighted by Gasteiger charge is -2.21. The van der Waals surface area contributed by atoms with Crippen LogP contribution in [-0.4, -0.2) is 40.1 Å². The third kappa shape index (κ3) is 5.74. The van der Waals surface area contributed by atoms with E-state index in [2.05, 4.69) is 10.3 Å². The van der Waals surface area contributed by atoms with Crippen LogP contribution in [0.25, 0.3) is 16.9 Å². The summed E-state index contributed by atoms with van der Waals surface area (Å²) in [4.78, 5) is 21.5. The molecule has 7 nitrogen and oxygen atoms in total. The van der Waals surface area contributed by atoms with E-state index in [1.807, 2.05) is 59.2 Å². The van der Waals surface area contributed by atoms with E-state index in [9.17, 15) is 4.79 Å². The molecule has 2 aromatic heterocycles. The lowest BCUT2D eigenvalue weighted by atomic mass is 9.94. The van der Waals surface area contributed by atoms with Gasteiger partial charge in [0.25, 0.3) is 0 Å².